The smallest absolute Gasteiger partial charge is 0.0540 e. The van der Waals surface area contributed by atoms with Crippen LogP contribution < -0.4 is 4.90 Å². The van der Waals surface area contributed by atoms with Crippen LogP contribution in [-0.2, 0) is 0 Å². The molecule has 52 heavy (non-hydrogen) atoms. The van der Waals surface area contributed by atoms with Crippen molar-refractivity contribution >= 4 is 70.1 Å². The van der Waals surface area contributed by atoms with E-state index in [4.69, 9.17) is 0 Å². The monoisotopic (exact) mass is 679 g/mol. The molecule has 0 bridgehead atoms. The standard InChI is InChI=1S/C50H33NS/c1-3-11-34(12-4-1)35-19-25-40(26-20-35)51(47-30-29-42(37-13-5-2-6-14-37)44-17-9-10-18-45(44)47)41-27-21-36(22-28-41)39-24-31-48-46(33-39)50-43-16-8-7-15-38(43)23-32-49(50)52-48/h1-33H. The van der Waals surface area contributed by atoms with Crippen molar-refractivity contribution in [3.8, 4) is 33.4 Å². The molecule has 0 saturated heterocycles. The summed E-state index contributed by atoms with van der Waals surface area (Å²) in [6.07, 6.45) is 0. The lowest BCUT2D eigenvalue weighted by atomic mass is 9.96. The third-order valence-electron chi connectivity index (χ3n) is 10.3. The first kappa shape index (κ1) is 30.4. The van der Waals surface area contributed by atoms with Crippen molar-refractivity contribution in [2.75, 3.05) is 4.90 Å². The van der Waals surface area contributed by atoms with E-state index in [0.717, 1.165) is 17.1 Å². The summed E-state index contributed by atoms with van der Waals surface area (Å²) in [4.78, 5) is 2.40. The van der Waals surface area contributed by atoms with Gasteiger partial charge in [-0.1, -0.05) is 152 Å². The van der Waals surface area contributed by atoms with Crippen LogP contribution >= 0.6 is 11.3 Å². The van der Waals surface area contributed by atoms with Crippen LogP contribution in [0.4, 0.5) is 17.1 Å². The number of fused-ring (bicyclic) bond motifs is 6. The average Bonchev–Trinajstić information content (AvgIpc) is 3.61. The molecular formula is C50H33NS. The fourth-order valence-corrected chi connectivity index (χ4v) is 8.84. The van der Waals surface area contributed by atoms with Gasteiger partial charge in [0.2, 0.25) is 0 Å². The van der Waals surface area contributed by atoms with Gasteiger partial charge in [-0.15, -0.1) is 11.3 Å². The Morgan fingerprint density at radius 1 is 0.327 bits per heavy atom. The van der Waals surface area contributed by atoms with E-state index in [1.54, 1.807) is 0 Å². The molecule has 0 saturated carbocycles. The summed E-state index contributed by atoms with van der Waals surface area (Å²) < 4.78 is 2.66. The van der Waals surface area contributed by atoms with Gasteiger partial charge in [-0.05, 0) is 98.1 Å². The maximum atomic E-state index is 2.40. The molecule has 1 heterocycles. The van der Waals surface area contributed by atoms with Gasteiger partial charge in [0, 0.05) is 36.9 Å². The molecule has 2 heteroatoms. The molecule has 0 atom stereocenters. The molecule has 0 aliphatic carbocycles. The lowest BCUT2D eigenvalue weighted by Gasteiger charge is -2.28. The molecule has 10 aromatic rings. The van der Waals surface area contributed by atoms with E-state index >= 15 is 0 Å². The molecule has 1 nitrogen and oxygen atoms in total. The number of anilines is 3. The van der Waals surface area contributed by atoms with E-state index in [9.17, 15) is 0 Å². The summed E-state index contributed by atoms with van der Waals surface area (Å²) in [5.74, 6) is 0. The predicted molar refractivity (Wildman–Crippen MR) is 225 cm³/mol. The minimum absolute atomic E-state index is 1.11. The Labute approximate surface area is 307 Å². The molecule has 0 aliphatic heterocycles. The van der Waals surface area contributed by atoms with Gasteiger partial charge >= 0.3 is 0 Å². The first-order valence-corrected chi connectivity index (χ1v) is 18.6. The van der Waals surface area contributed by atoms with Crippen molar-refractivity contribution in [1.82, 2.24) is 0 Å². The Kier molecular flexibility index (Phi) is 7.41. The number of nitrogens with zero attached hydrogens (tertiary/aromatic N) is 1. The quantitative estimate of drug-likeness (QED) is 0.169. The van der Waals surface area contributed by atoms with E-state index in [0.29, 0.717) is 0 Å². The van der Waals surface area contributed by atoms with Crippen LogP contribution in [0.1, 0.15) is 0 Å². The van der Waals surface area contributed by atoms with E-state index < -0.39 is 0 Å². The zero-order valence-corrected chi connectivity index (χ0v) is 29.2. The largest absolute Gasteiger partial charge is 0.310 e. The van der Waals surface area contributed by atoms with Gasteiger partial charge in [0.25, 0.3) is 0 Å². The van der Waals surface area contributed by atoms with Gasteiger partial charge in [0.1, 0.15) is 0 Å². The van der Waals surface area contributed by atoms with Crippen LogP contribution in [0.15, 0.2) is 200 Å². The minimum Gasteiger partial charge on any atom is -0.310 e. The van der Waals surface area contributed by atoms with Gasteiger partial charge in [-0.25, -0.2) is 0 Å². The zero-order chi connectivity index (χ0) is 34.4. The molecular weight excluding hydrogens is 647 g/mol. The first-order valence-electron chi connectivity index (χ1n) is 17.8. The number of hydrogen-bond donors (Lipinski definition) is 0. The number of thiophene rings is 1. The minimum atomic E-state index is 1.11. The fourth-order valence-electron chi connectivity index (χ4n) is 7.74. The van der Waals surface area contributed by atoms with Gasteiger partial charge in [-0.2, -0.15) is 0 Å². The molecule has 0 aliphatic rings. The molecule has 0 unspecified atom stereocenters. The summed E-state index contributed by atoms with van der Waals surface area (Å²) in [5.41, 5.74) is 10.7. The number of benzene rings is 9. The third kappa shape index (κ3) is 5.24. The normalized spacial score (nSPS) is 11.5. The summed E-state index contributed by atoms with van der Waals surface area (Å²) >= 11 is 1.88. The van der Waals surface area contributed by atoms with E-state index in [2.05, 4.69) is 205 Å². The third-order valence-corrected chi connectivity index (χ3v) is 11.4. The van der Waals surface area contributed by atoms with Gasteiger partial charge in [0.05, 0.1) is 5.69 Å². The average molecular weight is 680 g/mol. The van der Waals surface area contributed by atoms with Gasteiger partial charge in [0.15, 0.2) is 0 Å². The van der Waals surface area contributed by atoms with Crippen LogP contribution in [0.3, 0.4) is 0 Å². The molecule has 1 aromatic heterocycles. The van der Waals surface area contributed by atoms with Crippen LogP contribution in [0.25, 0.3) is 75.1 Å². The van der Waals surface area contributed by atoms with Crippen LogP contribution in [0.5, 0.6) is 0 Å². The fraction of sp³-hybridized carbons (Fsp3) is 0. The summed E-state index contributed by atoms with van der Waals surface area (Å²) in [5, 5.41) is 7.72. The van der Waals surface area contributed by atoms with Crippen molar-refractivity contribution < 1.29 is 0 Å². The molecule has 0 radical (unpaired) electrons. The van der Waals surface area contributed by atoms with Crippen LogP contribution in [0, 0.1) is 0 Å². The lowest BCUT2D eigenvalue weighted by molar-refractivity contribution is 1.30. The molecule has 0 N–H and O–H groups in total. The Bertz CT molecular complexity index is 2870. The highest BCUT2D eigenvalue weighted by molar-refractivity contribution is 7.26. The molecule has 9 aromatic carbocycles. The highest BCUT2D eigenvalue weighted by Gasteiger charge is 2.18. The maximum absolute atomic E-state index is 2.40. The summed E-state index contributed by atoms with van der Waals surface area (Å²) in [7, 11) is 0. The van der Waals surface area contributed by atoms with Crippen molar-refractivity contribution in [2.24, 2.45) is 0 Å². The first-order chi connectivity index (χ1) is 25.8. The summed E-state index contributed by atoms with van der Waals surface area (Å²) in [6.45, 7) is 0. The van der Waals surface area contributed by atoms with E-state index in [1.165, 1.54) is 75.1 Å². The number of hydrogen-bond acceptors (Lipinski definition) is 2. The van der Waals surface area contributed by atoms with Crippen molar-refractivity contribution in [2.45, 2.75) is 0 Å². The Balaban J connectivity index is 1.10. The van der Waals surface area contributed by atoms with Crippen molar-refractivity contribution in [3.63, 3.8) is 0 Å². The predicted octanol–water partition coefficient (Wildman–Crippen LogP) is 14.8. The second kappa shape index (κ2) is 12.7. The highest BCUT2D eigenvalue weighted by Crippen LogP contribution is 2.44. The van der Waals surface area contributed by atoms with Crippen LogP contribution in [-0.4, -0.2) is 0 Å². The Morgan fingerprint density at radius 3 is 1.58 bits per heavy atom. The van der Waals surface area contributed by atoms with E-state index in [-0.39, 0.29) is 0 Å². The molecule has 0 amide bonds. The maximum Gasteiger partial charge on any atom is 0.0540 e. The molecule has 0 fully saturated rings. The number of rotatable bonds is 6. The molecule has 10 rings (SSSR count). The second-order valence-corrected chi connectivity index (χ2v) is 14.4. The van der Waals surface area contributed by atoms with Gasteiger partial charge in [-0.3, -0.25) is 0 Å². The zero-order valence-electron chi connectivity index (χ0n) is 28.4. The van der Waals surface area contributed by atoms with Crippen molar-refractivity contribution in [1.29, 1.82) is 0 Å². The van der Waals surface area contributed by atoms with Crippen LogP contribution in [0.2, 0.25) is 0 Å². The Hall–Kier alpha value is -6.48. The topological polar surface area (TPSA) is 3.24 Å². The SMILES string of the molecule is c1ccc(-c2ccc(N(c3ccc(-c4ccc5sc6ccc7ccccc7c6c5c4)cc3)c3ccc(-c4ccccc4)c4ccccc34)cc2)cc1. The van der Waals surface area contributed by atoms with Gasteiger partial charge < -0.3 is 4.90 Å². The van der Waals surface area contributed by atoms with Crippen molar-refractivity contribution in [3.05, 3.63) is 200 Å². The highest BCUT2D eigenvalue weighted by atomic mass is 32.1. The second-order valence-electron chi connectivity index (χ2n) is 13.3. The molecule has 244 valence electrons. The lowest BCUT2D eigenvalue weighted by Crippen LogP contribution is -2.10. The summed E-state index contributed by atoms with van der Waals surface area (Å²) in [6, 6.07) is 72.8. The Morgan fingerprint density at radius 2 is 0.865 bits per heavy atom. The molecule has 0 spiro atoms. The van der Waals surface area contributed by atoms with E-state index in [1.807, 2.05) is 11.3 Å².